The van der Waals surface area contributed by atoms with E-state index in [9.17, 15) is 0 Å². The van der Waals surface area contributed by atoms with Crippen LogP contribution < -0.4 is 0 Å². The van der Waals surface area contributed by atoms with Gasteiger partial charge in [0.15, 0.2) is 0 Å². The van der Waals surface area contributed by atoms with Crippen molar-refractivity contribution in [3.8, 4) is 6.07 Å². The van der Waals surface area contributed by atoms with Gasteiger partial charge in [-0.2, -0.15) is 5.26 Å². The molecule has 0 atom stereocenters. The van der Waals surface area contributed by atoms with Crippen LogP contribution in [0.5, 0.6) is 0 Å². The molecule has 0 amide bonds. The van der Waals surface area contributed by atoms with Crippen molar-refractivity contribution in [1.29, 1.82) is 5.26 Å². The molecule has 0 saturated heterocycles. The molecule has 0 bridgehead atoms. The fourth-order valence-corrected chi connectivity index (χ4v) is 2.19. The van der Waals surface area contributed by atoms with Gasteiger partial charge >= 0.3 is 0 Å². The molecule has 0 saturated carbocycles. The lowest BCUT2D eigenvalue weighted by Gasteiger charge is -1.99. The topological polar surface area (TPSA) is 23.8 Å². The van der Waals surface area contributed by atoms with Gasteiger partial charge in [0.05, 0.1) is 11.6 Å². The molecule has 0 aliphatic rings. The maximum absolute atomic E-state index is 8.38. The van der Waals surface area contributed by atoms with E-state index in [4.69, 9.17) is 5.26 Å². The van der Waals surface area contributed by atoms with E-state index in [2.05, 4.69) is 19.9 Å². The quantitative estimate of drug-likeness (QED) is 0.458. The molecule has 0 fully saturated rings. The highest BCUT2D eigenvalue weighted by Crippen LogP contribution is 2.09. The van der Waals surface area contributed by atoms with Gasteiger partial charge in [-0.15, -0.1) is 0 Å². The Morgan fingerprint density at radius 1 is 0.714 bits per heavy atom. The summed E-state index contributed by atoms with van der Waals surface area (Å²) in [6.07, 6.45) is 14.4. The van der Waals surface area contributed by atoms with E-state index < -0.39 is 0 Å². The van der Waals surface area contributed by atoms with Gasteiger partial charge in [-0.3, -0.25) is 0 Å². The highest BCUT2D eigenvalue weighted by atomic mass is 14.2. The van der Waals surface area contributed by atoms with E-state index in [1.807, 2.05) is 31.2 Å². The molecule has 0 N–H and O–H groups in total. The monoisotopic (exact) mass is 287 g/mol. The summed E-state index contributed by atoms with van der Waals surface area (Å²) in [6.45, 7) is 6.56. The van der Waals surface area contributed by atoms with Crippen molar-refractivity contribution in [2.75, 3.05) is 0 Å². The second-order valence-electron chi connectivity index (χ2n) is 5.81. The fourth-order valence-electron chi connectivity index (χ4n) is 2.19. The van der Waals surface area contributed by atoms with E-state index in [-0.39, 0.29) is 0 Å². The van der Waals surface area contributed by atoms with Crippen LogP contribution in [0.25, 0.3) is 0 Å². The average molecular weight is 287 g/mol. The molecule has 0 spiro atoms. The van der Waals surface area contributed by atoms with E-state index in [0.29, 0.717) is 0 Å². The summed E-state index contributed by atoms with van der Waals surface area (Å²) in [5.74, 6) is 0. The Bertz CT molecular complexity index is 348. The molecule has 0 aliphatic carbocycles. The summed E-state index contributed by atoms with van der Waals surface area (Å²) in [5, 5.41) is 8.38. The lowest BCUT2D eigenvalue weighted by atomic mass is 10.1. The second kappa shape index (κ2) is 15.1. The lowest BCUT2D eigenvalue weighted by Crippen LogP contribution is -1.80. The number of nitrogens with zero attached hydrogens (tertiary/aromatic N) is 1. The third kappa shape index (κ3) is 13.4. The van der Waals surface area contributed by atoms with Crippen LogP contribution in [0, 0.1) is 18.3 Å². The number of aryl methyl sites for hydroxylation is 1. The summed E-state index contributed by atoms with van der Waals surface area (Å²) in [7, 11) is 0. The van der Waals surface area contributed by atoms with Crippen LogP contribution in [-0.2, 0) is 0 Å². The normalized spacial score (nSPS) is 9.62. The molecule has 0 aliphatic heterocycles. The molecule has 0 unspecified atom stereocenters. The van der Waals surface area contributed by atoms with Gasteiger partial charge in [-0.25, -0.2) is 0 Å². The molecule has 1 heteroatoms. The molecule has 21 heavy (non-hydrogen) atoms. The first kappa shape index (κ1) is 19.7. The third-order valence-corrected chi connectivity index (χ3v) is 3.64. The molecule has 118 valence electrons. The Morgan fingerprint density at radius 3 is 1.43 bits per heavy atom. The molecule has 1 nitrogen and oxygen atoms in total. The average Bonchev–Trinajstić information content (AvgIpc) is 2.51. The molecule has 0 heterocycles. The minimum atomic E-state index is 0.723. The second-order valence-corrected chi connectivity index (χ2v) is 5.81. The van der Waals surface area contributed by atoms with Crippen molar-refractivity contribution < 1.29 is 0 Å². The van der Waals surface area contributed by atoms with Crippen molar-refractivity contribution in [3.63, 3.8) is 0 Å². The zero-order valence-corrected chi connectivity index (χ0v) is 14.3. The minimum Gasteiger partial charge on any atom is -0.192 e. The van der Waals surface area contributed by atoms with Gasteiger partial charge in [-0.05, 0) is 19.1 Å². The highest BCUT2D eigenvalue weighted by molar-refractivity contribution is 5.30. The number of unbranched alkanes of at least 4 members (excludes halogenated alkanes) is 9. The van der Waals surface area contributed by atoms with Crippen LogP contribution in [0.1, 0.15) is 89.2 Å². The van der Waals surface area contributed by atoms with Crippen LogP contribution >= 0.6 is 0 Å². The fraction of sp³-hybridized carbons (Fsp3) is 0.650. The number of hydrogen-bond acceptors (Lipinski definition) is 1. The summed E-state index contributed by atoms with van der Waals surface area (Å²) in [4.78, 5) is 0. The van der Waals surface area contributed by atoms with E-state index in [1.54, 1.807) is 0 Å². The van der Waals surface area contributed by atoms with Gasteiger partial charge in [-0.1, -0.05) is 95.8 Å². The van der Waals surface area contributed by atoms with Crippen molar-refractivity contribution in [2.45, 2.75) is 85.0 Å². The van der Waals surface area contributed by atoms with Gasteiger partial charge in [0.1, 0.15) is 0 Å². The number of nitriles is 1. The van der Waals surface area contributed by atoms with Crippen LogP contribution in [-0.4, -0.2) is 0 Å². The predicted molar refractivity (Wildman–Crippen MR) is 93.4 cm³/mol. The molecule has 1 aromatic carbocycles. The van der Waals surface area contributed by atoms with Crippen molar-refractivity contribution in [3.05, 3.63) is 35.4 Å². The van der Waals surface area contributed by atoms with Crippen LogP contribution in [0.15, 0.2) is 24.3 Å². The van der Waals surface area contributed by atoms with E-state index in [1.165, 1.54) is 69.8 Å². The standard InChI is InChI=1S/C12H26.C8H7N/c1-3-5-7-9-11-12-10-8-6-4-2;1-7-2-4-8(6-9)5-3-7/h3-12H2,1-2H3;2-5H,1H3. The SMILES string of the molecule is CCCCCCCCCCCC.Cc1ccc(C#N)cc1. The van der Waals surface area contributed by atoms with E-state index >= 15 is 0 Å². The van der Waals surface area contributed by atoms with Crippen molar-refractivity contribution in [2.24, 2.45) is 0 Å². The van der Waals surface area contributed by atoms with Gasteiger partial charge in [0.25, 0.3) is 0 Å². The summed E-state index contributed by atoms with van der Waals surface area (Å²) < 4.78 is 0. The summed E-state index contributed by atoms with van der Waals surface area (Å²) in [5.41, 5.74) is 1.91. The smallest absolute Gasteiger partial charge is 0.0991 e. The third-order valence-electron chi connectivity index (χ3n) is 3.64. The first-order chi connectivity index (χ1) is 10.2. The summed E-state index contributed by atoms with van der Waals surface area (Å²) in [6, 6.07) is 9.54. The first-order valence-electron chi connectivity index (χ1n) is 8.71. The Kier molecular flexibility index (Phi) is 14.2. The zero-order chi connectivity index (χ0) is 15.8. The largest absolute Gasteiger partial charge is 0.192 e. The predicted octanol–water partition coefficient (Wildman–Crippen LogP) is 6.79. The molecule has 0 radical (unpaired) electrons. The Labute approximate surface area is 132 Å². The Morgan fingerprint density at radius 2 is 1.10 bits per heavy atom. The van der Waals surface area contributed by atoms with Crippen LogP contribution in [0.3, 0.4) is 0 Å². The minimum absolute atomic E-state index is 0.723. The van der Waals surface area contributed by atoms with Crippen LogP contribution in [0.4, 0.5) is 0 Å². The van der Waals surface area contributed by atoms with Gasteiger partial charge in [0, 0.05) is 0 Å². The van der Waals surface area contributed by atoms with Gasteiger partial charge < -0.3 is 0 Å². The Balaban J connectivity index is 0.000000394. The van der Waals surface area contributed by atoms with E-state index in [0.717, 1.165) is 5.56 Å². The van der Waals surface area contributed by atoms with Crippen molar-refractivity contribution in [1.82, 2.24) is 0 Å². The number of benzene rings is 1. The maximum Gasteiger partial charge on any atom is 0.0991 e. The summed E-state index contributed by atoms with van der Waals surface area (Å²) >= 11 is 0. The zero-order valence-electron chi connectivity index (χ0n) is 14.3. The molecule has 1 rings (SSSR count). The highest BCUT2D eigenvalue weighted by Gasteiger charge is 1.90. The first-order valence-corrected chi connectivity index (χ1v) is 8.71. The van der Waals surface area contributed by atoms with Gasteiger partial charge in [0.2, 0.25) is 0 Å². The number of rotatable bonds is 9. The molecular formula is C20H33N. The lowest BCUT2D eigenvalue weighted by molar-refractivity contribution is 0.562. The van der Waals surface area contributed by atoms with Crippen molar-refractivity contribution >= 4 is 0 Å². The molecule has 1 aromatic rings. The molecular weight excluding hydrogens is 254 g/mol. The Hall–Kier alpha value is -1.29. The molecule has 0 aromatic heterocycles. The maximum atomic E-state index is 8.38. The van der Waals surface area contributed by atoms with Crippen LogP contribution in [0.2, 0.25) is 0 Å². The number of hydrogen-bond donors (Lipinski definition) is 0.